The third kappa shape index (κ3) is 6.69. The molecule has 0 heterocycles. The number of esters is 1. The highest BCUT2D eigenvalue weighted by atomic mass is 16.5. The van der Waals surface area contributed by atoms with Crippen LogP contribution in [0.1, 0.15) is 25.8 Å². The molecule has 0 aliphatic heterocycles. The van der Waals surface area contributed by atoms with Gasteiger partial charge in [-0.3, -0.25) is 0 Å². The van der Waals surface area contributed by atoms with Gasteiger partial charge in [-0.25, -0.2) is 15.0 Å². The molecule has 0 aromatic heterocycles. The summed E-state index contributed by atoms with van der Waals surface area (Å²) in [4.78, 5) is 24.1. The van der Waals surface area contributed by atoms with Gasteiger partial charge in [0.15, 0.2) is 5.71 Å². The van der Waals surface area contributed by atoms with E-state index in [1.165, 1.54) is 14.0 Å². The van der Waals surface area contributed by atoms with E-state index in [1.807, 2.05) is 43.3 Å². The van der Waals surface area contributed by atoms with Crippen LogP contribution >= 0.6 is 0 Å². The number of hydrazone groups is 1. The lowest BCUT2D eigenvalue weighted by Crippen LogP contribution is -2.29. The summed E-state index contributed by atoms with van der Waals surface area (Å²) in [7, 11) is 1.24. The highest BCUT2D eigenvalue weighted by molar-refractivity contribution is 6.65. The normalized spacial score (nSPS) is 12.3. The number of nitrogens with zero attached hydrogens (tertiary/aromatic N) is 3. The Morgan fingerprint density at radius 3 is 2.17 bits per heavy atom. The number of rotatable bonds is 7. The predicted octanol–water partition coefficient (Wildman–Crippen LogP) is 3.61. The topological polar surface area (TPSA) is 105 Å². The lowest BCUT2D eigenvalue weighted by atomic mass is 10.1. The molecule has 0 fully saturated rings. The van der Waals surface area contributed by atoms with Crippen LogP contribution < -0.4 is 10.7 Å². The molecule has 150 valence electrons. The van der Waals surface area contributed by atoms with Gasteiger partial charge < -0.3 is 10.1 Å². The molecule has 0 atom stereocenters. The molecule has 2 aromatic carbocycles. The summed E-state index contributed by atoms with van der Waals surface area (Å²) >= 11 is 0. The van der Waals surface area contributed by atoms with Gasteiger partial charge in [0.05, 0.1) is 18.5 Å². The van der Waals surface area contributed by atoms with Gasteiger partial charge in [-0.05, 0) is 31.0 Å². The number of nitrogens with one attached hydrogen (secondary N) is 2. The summed E-state index contributed by atoms with van der Waals surface area (Å²) in [6.45, 7) is 3.47. The Hall–Kier alpha value is -3.81. The van der Waals surface area contributed by atoms with Crippen LogP contribution in [0.2, 0.25) is 0 Å². The third-order valence-corrected chi connectivity index (χ3v) is 3.79. The van der Waals surface area contributed by atoms with Gasteiger partial charge >= 0.3 is 12.0 Å². The number of para-hydroxylation sites is 1. The van der Waals surface area contributed by atoms with Crippen molar-refractivity contribution in [3.63, 3.8) is 0 Å². The number of methoxy groups -OCH3 is 1. The SMILES string of the molecule is CC/C(=N/N=C(C(=O)OC)/C(C)=N/NC(=O)Nc1ccccc1)c1ccccc1. The second-order valence-electron chi connectivity index (χ2n) is 5.84. The number of benzene rings is 2. The predicted molar refractivity (Wildman–Crippen MR) is 114 cm³/mol. The molecule has 0 aliphatic carbocycles. The summed E-state index contributed by atoms with van der Waals surface area (Å²) in [6.07, 6.45) is 0.621. The Morgan fingerprint density at radius 1 is 0.966 bits per heavy atom. The molecule has 0 spiro atoms. The highest BCUT2D eigenvalue weighted by Gasteiger charge is 2.17. The quantitative estimate of drug-likeness (QED) is 0.426. The molecular formula is C21H23N5O3. The average Bonchev–Trinajstić information content (AvgIpc) is 2.76. The fourth-order valence-electron chi connectivity index (χ4n) is 2.30. The van der Waals surface area contributed by atoms with E-state index in [2.05, 4.69) is 26.0 Å². The molecule has 0 aliphatic rings. The number of amides is 2. The van der Waals surface area contributed by atoms with E-state index in [-0.39, 0.29) is 11.4 Å². The van der Waals surface area contributed by atoms with Crippen molar-refractivity contribution in [2.45, 2.75) is 20.3 Å². The van der Waals surface area contributed by atoms with Crippen LogP contribution in [-0.4, -0.2) is 36.2 Å². The Bertz CT molecular complexity index is 922. The molecule has 2 amide bonds. The lowest BCUT2D eigenvalue weighted by molar-refractivity contribution is -0.132. The van der Waals surface area contributed by atoms with E-state index in [0.717, 1.165) is 5.56 Å². The molecule has 2 rings (SSSR count). The molecule has 0 bridgehead atoms. The summed E-state index contributed by atoms with van der Waals surface area (Å²) in [6, 6.07) is 17.9. The number of hydrogen-bond acceptors (Lipinski definition) is 6. The summed E-state index contributed by atoms with van der Waals surface area (Å²) < 4.78 is 4.76. The molecule has 8 heteroatoms. The Kier molecular flexibility index (Phi) is 8.25. The second kappa shape index (κ2) is 11.1. The lowest BCUT2D eigenvalue weighted by Gasteiger charge is -2.06. The minimum atomic E-state index is -0.705. The van der Waals surface area contributed by atoms with E-state index in [0.29, 0.717) is 17.8 Å². The number of ether oxygens (including phenoxy) is 1. The molecule has 0 saturated carbocycles. The second-order valence-corrected chi connectivity index (χ2v) is 5.84. The largest absolute Gasteiger partial charge is 0.464 e. The summed E-state index contributed by atoms with van der Waals surface area (Å²) in [5.74, 6) is -0.705. The average molecular weight is 393 g/mol. The molecule has 8 nitrogen and oxygen atoms in total. The minimum absolute atomic E-state index is 0.102. The van der Waals surface area contributed by atoms with Crippen molar-refractivity contribution in [1.82, 2.24) is 5.43 Å². The van der Waals surface area contributed by atoms with Crippen molar-refractivity contribution in [3.8, 4) is 0 Å². The van der Waals surface area contributed by atoms with E-state index in [1.54, 1.807) is 24.3 Å². The number of hydrogen-bond donors (Lipinski definition) is 2. The van der Waals surface area contributed by atoms with Gasteiger partial charge in [0, 0.05) is 5.69 Å². The molecular weight excluding hydrogens is 370 g/mol. The van der Waals surface area contributed by atoms with Gasteiger partial charge in [-0.2, -0.15) is 10.2 Å². The highest BCUT2D eigenvalue weighted by Crippen LogP contribution is 2.06. The smallest absolute Gasteiger partial charge is 0.360 e. The van der Waals surface area contributed by atoms with Crippen LogP contribution in [0.25, 0.3) is 0 Å². The van der Waals surface area contributed by atoms with Gasteiger partial charge in [0.25, 0.3) is 0 Å². The monoisotopic (exact) mass is 393 g/mol. The zero-order valence-electron chi connectivity index (χ0n) is 16.5. The van der Waals surface area contributed by atoms with Crippen LogP contribution in [0, 0.1) is 0 Å². The number of anilines is 1. The van der Waals surface area contributed by atoms with Crippen molar-refractivity contribution < 1.29 is 14.3 Å². The maximum Gasteiger partial charge on any atom is 0.360 e. The van der Waals surface area contributed by atoms with Crippen LogP contribution in [0.3, 0.4) is 0 Å². The Morgan fingerprint density at radius 2 is 1.59 bits per heavy atom. The van der Waals surface area contributed by atoms with Crippen molar-refractivity contribution in [3.05, 3.63) is 66.2 Å². The van der Waals surface area contributed by atoms with E-state index in [4.69, 9.17) is 4.74 Å². The van der Waals surface area contributed by atoms with Crippen LogP contribution in [-0.2, 0) is 9.53 Å². The van der Waals surface area contributed by atoms with Crippen LogP contribution in [0.5, 0.6) is 0 Å². The van der Waals surface area contributed by atoms with E-state index in [9.17, 15) is 9.59 Å². The van der Waals surface area contributed by atoms with Crippen molar-refractivity contribution >= 4 is 34.8 Å². The van der Waals surface area contributed by atoms with Crippen molar-refractivity contribution in [1.29, 1.82) is 0 Å². The molecule has 0 unspecified atom stereocenters. The van der Waals surface area contributed by atoms with Gasteiger partial charge in [0.1, 0.15) is 0 Å². The first kappa shape index (κ1) is 21.5. The number of carbonyl (C=O) groups excluding carboxylic acids is 2. The molecule has 29 heavy (non-hydrogen) atoms. The van der Waals surface area contributed by atoms with E-state index >= 15 is 0 Å². The molecule has 2 N–H and O–H groups in total. The maximum atomic E-state index is 12.1. The van der Waals surface area contributed by atoms with Crippen LogP contribution in [0.4, 0.5) is 10.5 Å². The molecule has 0 saturated heterocycles. The first-order chi connectivity index (χ1) is 14.0. The molecule has 0 radical (unpaired) electrons. The van der Waals surface area contributed by atoms with Crippen molar-refractivity contribution in [2.75, 3.05) is 12.4 Å². The zero-order valence-corrected chi connectivity index (χ0v) is 16.5. The maximum absolute atomic E-state index is 12.1. The van der Waals surface area contributed by atoms with Gasteiger partial charge in [-0.15, -0.1) is 5.10 Å². The fourth-order valence-corrected chi connectivity index (χ4v) is 2.30. The number of carbonyl (C=O) groups is 2. The van der Waals surface area contributed by atoms with Crippen molar-refractivity contribution in [2.24, 2.45) is 15.3 Å². The Labute approximate surface area is 169 Å². The Balaban J connectivity index is 2.18. The summed E-state index contributed by atoms with van der Waals surface area (Å²) in [5, 5.41) is 14.8. The summed E-state index contributed by atoms with van der Waals surface area (Å²) in [5.41, 5.74) is 4.60. The first-order valence-corrected chi connectivity index (χ1v) is 9.00. The minimum Gasteiger partial charge on any atom is -0.464 e. The number of urea groups is 1. The van der Waals surface area contributed by atoms with E-state index < -0.39 is 12.0 Å². The molecule has 2 aromatic rings. The van der Waals surface area contributed by atoms with Gasteiger partial charge in [0.2, 0.25) is 0 Å². The first-order valence-electron chi connectivity index (χ1n) is 9.00. The van der Waals surface area contributed by atoms with Crippen LogP contribution in [0.15, 0.2) is 76.0 Å². The standard InChI is InChI=1S/C21H23N5O3/c1-4-18(16-11-7-5-8-12-16)24-25-19(20(27)29-3)15(2)23-26-21(28)22-17-13-9-6-10-14-17/h5-14H,4H2,1-3H3,(H2,22,26,28)/b23-15+,24-18-,25-19-. The zero-order chi connectivity index (χ0) is 21.1. The third-order valence-electron chi connectivity index (χ3n) is 3.79. The van der Waals surface area contributed by atoms with Gasteiger partial charge in [-0.1, -0.05) is 55.5 Å². The fraction of sp³-hybridized carbons (Fsp3) is 0.190.